The molecule has 0 saturated carbocycles. The Morgan fingerprint density at radius 2 is 1.88 bits per heavy atom. The number of amides is 1. The Kier molecular flexibility index (Phi) is 7.70. The van der Waals surface area contributed by atoms with Crippen molar-refractivity contribution in [3.05, 3.63) is 83.3 Å². The van der Waals surface area contributed by atoms with Crippen molar-refractivity contribution in [1.82, 2.24) is 15.3 Å². The maximum atomic E-state index is 12.3. The normalized spacial score (nSPS) is 13.3. The highest BCUT2D eigenvalue weighted by Crippen LogP contribution is 2.20. The smallest absolute Gasteiger partial charge is 0.326 e. The molecule has 3 N–H and O–H groups in total. The Morgan fingerprint density at radius 1 is 1.09 bits per heavy atom. The molecule has 1 aromatic carbocycles. The summed E-state index contributed by atoms with van der Waals surface area (Å²) < 4.78 is 5.83. The van der Waals surface area contributed by atoms with Crippen LogP contribution in [0.25, 0.3) is 0 Å². The second-order valence-electron chi connectivity index (χ2n) is 8.24. The molecule has 1 aliphatic heterocycles. The quantitative estimate of drug-likeness (QED) is 0.398. The molecule has 176 valence electrons. The van der Waals surface area contributed by atoms with Crippen LogP contribution in [0, 0.1) is 0 Å². The number of ether oxygens (including phenoxy) is 1. The molecule has 0 aliphatic carbocycles. The number of aliphatic carboxylic acids is 1. The number of anilines is 1. The molecular weight excluding hydrogens is 432 g/mol. The molecular formula is C26H28N4O4. The van der Waals surface area contributed by atoms with E-state index >= 15 is 0 Å². The highest BCUT2D eigenvalue weighted by molar-refractivity contribution is 5.96. The van der Waals surface area contributed by atoms with E-state index in [1.54, 1.807) is 12.1 Å². The first-order valence-corrected chi connectivity index (χ1v) is 11.5. The third-order valence-electron chi connectivity index (χ3n) is 5.71. The fourth-order valence-electron chi connectivity index (χ4n) is 3.85. The zero-order valence-electron chi connectivity index (χ0n) is 18.9. The zero-order chi connectivity index (χ0) is 23.8. The number of carbonyl (C=O) groups excluding carboxylic acids is 1. The molecule has 1 atom stereocenters. The van der Waals surface area contributed by atoms with Gasteiger partial charge in [0.25, 0.3) is 5.91 Å². The molecule has 8 nitrogen and oxygen atoms in total. The number of benzene rings is 1. The lowest BCUT2D eigenvalue weighted by Gasteiger charge is -2.17. The monoisotopic (exact) mass is 460 g/mol. The summed E-state index contributed by atoms with van der Waals surface area (Å²) in [5.74, 6) is 0.195. The van der Waals surface area contributed by atoms with E-state index in [2.05, 4.69) is 27.8 Å². The van der Waals surface area contributed by atoms with Gasteiger partial charge in [-0.25, -0.2) is 9.78 Å². The number of nitrogens with zero attached hydrogens (tertiary/aromatic N) is 2. The fraction of sp³-hybridized carbons (Fsp3) is 0.308. The van der Waals surface area contributed by atoms with Crippen molar-refractivity contribution in [3.63, 3.8) is 0 Å². The molecule has 3 aromatic rings. The zero-order valence-corrected chi connectivity index (χ0v) is 18.9. The van der Waals surface area contributed by atoms with E-state index in [0.29, 0.717) is 12.2 Å². The Hall–Kier alpha value is -3.94. The summed E-state index contributed by atoms with van der Waals surface area (Å²) in [6.45, 7) is 1.54. The van der Waals surface area contributed by atoms with Gasteiger partial charge in [0.2, 0.25) is 0 Å². The molecule has 34 heavy (non-hydrogen) atoms. The van der Waals surface area contributed by atoms with Gasteiger partial charge in [0.1, 0.15) is 17.6 Å². The lowest BCUT2D eigenvalue weighted by Crippen LogP contribution is -2.42. The lowest BCUT2D eigenvalue weighted by atomic mass is 10.1. The van der Waals surface area contributed by atoms with Gasteiger partial charge < -0.3 is 20.5 Å². The summed E-state index contributed by atoms with van der Waals surface area (Å²) in [5.41, 5.74) is 3.50. The molecule has 1 aliphatic rings. The van der Waals surface area contributed by atoms with Crippen molar-refractivity contribution in [2.45, 2.75) is 38.1 Å². The van der Waals surface area contributed by atoms with E-state index in [-0.39, 0.29) is 6.42 Å². The van der Waals surface area contributed by atoms with Crippen molar-refractivity contribution in [2.24, 2.45) is 0 Å². The van der Waals surface area contributed by atoms with Crippen LogP contribution in [0.3, 0.4) is 0 Å². The van der Waals surface area contributed by atoms with Crippen LogP contribution in [0.1, 0.15) is 40.0 Å². The first kappa shape index (κ1) is 23.2. The van der Waals surface area contributed by atoms with Crippen LogP contribution < -0.4 is 15.4 Å². The Morgan fingerprint density at radius 3 is 2.65 bits per heavy atom. The number of rotatable bonds is 10. The number of aromatic nitrogens is 2. The average Bonchev–Trinajstić information content (AvgIpc) is 2.87. The maximum absolute atomic E-state index is 12.3. The van der Waals surface area contributed by atoms with Gasteiger partial charge in [-0.3, -0.25) is 9.78 Å². The SMILES string of the molecule is O=C(N[C@@H](Cc1ccc(OCCCc2ccc3c(n2)NCCC3)cc1)C(=O)O)c1ccncc1. The van der Waals surface area contributed by atoms with Crippen molar-refractivity contribution in [2.75, 3.05) is 18.5 Å². The number of pyridine rings is 2. The van der Waals surface area contributed by atoms with Crippen molar-refractivity contribution in [3.8, 4) is 5.75 Å². The van der Waals surface area contributed by atoms with Crippen LogP contribution in [0.2, 0.25) is 0 Å². The third-order valence-corrected chi connectivity index (χ3v) is 5.71. The molecule has 0 unspecified atom stereocenters. The molecule has 3 heterocycles. The number of aryl methyl sites for hydroxylation is 2. The minimum atomic E-state index is -1.09. The van der Waals surface area contributed by atoms with Crippen molar-refractivity contribution < 1.29 is 19.4 Å². The highest BCUT2D eigenvalue weighted by atomic mass is 16.5. The van der Waals surface area contributed by atoms with Crippen LogP contribution >= 0.6 is 0 Å². The fourth-order valence-corrected chi connectivity index (χ4v) is 3.85. The minimum Gasteiger partial charge on any atom is -0.494 e. The second kappa shape index (κ2) is 11.3. The van der Waals surface area contributed by atoms with Crippen LogP contribution in [-0.4, -0.2) is 46.1 Å². The molecule has 0 bridgehead atoms. The van der Waals surface area contributed by atoms with E-state index in [0.717, 1.165) is 55.1 Å². The third kappa shape index (κ3) is 6.31. The van der Waals surface area contributed by atoms with Crippen LogP contribution in [0.5, 0.6) is 5.75 Å². The van der Waals surface area contributed by atoms with Gasteiger partial charge >= 0.3 is 5.97 Å². The predicted molar refractivity (Wildman–Crippen MR) is 128 cm³/mol. The molecule has 0 saturated heterocycles. The molecule has 2 aromatic heterocycles. The first-order valence-electron chi connectivity index (χ1n) is 11.5. The number of nitrogens with one attached hydrogen (secondary N) is 2. The van der Waals surface area contributed by atoms with Crippen molar-refractivity contribution in [1.29, 1.82) is 0 Å². The molecule has 0 radical (unpaired) electrons. The van der Waals surface area contributed by atoms with Crippen LogP contribution in [0.4, 0.5) is 5.82 Å². The van der Waals surface area contributed by atoms with Gasteiger partial charge in [0, 0.05) is 36.6 Å². The summed E-state index contributed by atoms with van der Waals surface area (Å²) in [7, 11) is 0. The Labute approximate surface area is 198 Å². The van der Waals surface area contributed by atoms with E-state index in [9.17, 15) is 14.7 Å². The molecule has 1 amide bonds. The lowest BCUT2D eigenvalue weighted by molar-refractivity contribution is -0.139. The van der Waals surface area contributed by atoms with Gasteiger partial charge in [-0.1, -0.05) is 18.2 Å². The molecule has 0 spiro atoms. The first-order chi connectivity index (χ1) is 16.6. The van der Waals surface area contributed by atoms with E-state index in [4.69, 9.17) is 9.72 Å². The van der Waals surface area contributed by atoms with Gasteiger partial charge in [0.15, 0.2) is 0 Å². The number of hydrogen-bond acceptors (Lipinski definition) is 6. The predicted octanol–water partition coefficient (Wildman–Crippen LogP) is 3.27. The standard InChI is InChI=1S/C26H28N4O4/c31-25(20-11-14-27-15-12-20)30-23(26(32)33)17-18-5-9-22(10-6-18)34-16-2-4-21-8-7-19-3-1-13-28-24(19)29-21/h5-12,14-15,23H,1-4,13,16-17H2,(H,28,29)(H,30,31)(H,32,33)/t23-/m0/s1. The van der Waals surface area contributed by atoms with E-state index < -0.39 is 17.9 Å². The van der Waals surface area contributed by atoms with Gasteiger partial charge in [0.05, 0.1) is 6.61 Å². The topological polar surface area (TPSA) is 113 Å². The van der Waals surface area contributed by atoms with E-state index in [1.807, 2.05) is 24.3 Å². The number of hydrogen-bond donors (Lipinski definition) is 3. The molecule has 8 heteroatoms. The summed E-state index contributed by atoms with van der Waals surface area (Å²) in [4.78, 5) is 32.5. The Bertz CT molecular complexity index is 1120. The van der Waals surface area contributed by atoms with Gasteiger partial charge in [-0.15, -0.1) is 0 Å². The molecule has 4 rings (SSSR count). The number of fused-ring (bicyclic) bond motifs is 1. The summed E-state index contributed by atoms with van der Waals surface area (Å²) in [5, 5.41) is 15.4. The van der Waals surface area contributed by atoms with Crippen LogP contribution in [0.15, 0.2) is 60.9 Å². The summed E-state index contributed by atoms with van der Waals surface area (Å²) in [6.07, 6.45) is 7.07. The van der Waals surface area contributed by atoms with Crippen molar-refractivity contribution >= 4 is 17.7 Å². The second-order valence-corrected chi connectivity index (χ2v) is 8.24. The molecule has 0 fully saturated rings. The maximum Gasteiger partial charge on any atom is 0.326 e. The highest BCUT2D eigenvalue weighted by Gasteiger charge is 2.21. The van der Waals surface area contributed by atoms with Gasteiger partial charge in [-0.05, 0) is 67.1 Å². The summed E-state index contributed by atoms with van der Waals surface area (Å²) in [6, 6.07) is 13.6. The summed E-state index contributed by atoms with van der Waals surface area (Å²) >= 11 is 0. The number of carboxylic acid groups (broad SMARTS) is 1. The van der Waals surface area contributed by atoms with Gasteiger partial charge in [-0.2, -0.15) is 0 Å². The number of carboxylic acids is 1. The van der Waals surface area contributed by atoms with Crippen LogP contribution in [-0.2, 0) is 24.1 Å². The number of carbonyl (C=O) groups is 2. The Balaban J connectivity index is 1.24. The minimum absolute atomic E-state index is 0.171. The average molecular weight is 461 g/mol. The largest absolute Gasteiger partial charge is 0.494 e. The van der Waals surface area contributed by atoms with E-state index in [1.165, 1.54) is 18.0 Å².